The molecule has 0 bridgehead atoms. The molecule has 0 radical (unpaired) electrons. The van der Waals surface area contributed by atoms with Crippen LogP contribution in [0.25, 0.3) is 0 Å². The molecule has 0 spiro atoms. The predicted molar refractivity (Wildman–Crippen MR) is 115 cm³/mol. The molecule has 0 saturated carbocycles. The lowest BCUT2D eigenvalue weighted by Crippen LogP contribution is -2.45. The van der Waals surface area contributed by atoms with Gasteiger partial charge in [0.2, 0.25) is 11.8 Å². The minimum Gasteiger partial charge on any atom is -0.497 e. The van der Waals surface area contributed by atoms with Crippen LogP contribution < -0.4 is 24.8 Å². The lowest BCUT2D eigenvalue weighted by molar-refractivity contribution is -0.123. The van der Waals surface area contributed by atoms with Crippen molar-refractivity contribution in [3.05, 3.63) is 53.8 Å². The van der Waals surface area contributed by atoms with Crippen molar-refractivity contribution in [3.63, 3.8) is 0 Å². The number of carbonyl (C=O) groups excluding carboxylic acids is 2. The molecule has 2 aromatic rings. The molecule has 32 heavy (non-hydrogen) atoms. The molecule has 2 N–H and O–H groups in total. The average Bonchev–Trinajstić information content (AvgIpc) is 3.18. The third-order valence-corrected chi connectivity index (χ3v) is 5.95. The molecular formula is C24H27FN2O5. The number of rotatable bonds is 8. The van der Waals surface area contributed by atoms with Gasteiger partial charge in [-0.3, -0.25) is 9.59 Å². The monoisotopic (exact) mass is 442 g/mol. The summed E-state index contributed by atoms with van der Waals surface area (Å²) in [7, 11) is 1.48. The van der Waals surface area contributed by atoms with E-state index in [1.54, 1.807) is 12.1 Å². The Hall–Kier alpha value is -3.29. The maximum atomic E-state index is 14.5. The van der Waals surface area contributed by atoms with Crippen LogP contribution in [0.5, 0.6) is 17.2 Å². The minimum atomic E-state index is -0.646. The Bertz CT molecular complexity index is 998. The molecule has 170 valence electrons. The van der Waals surface area contributed by atoms with Gasteiger partial charge in [-0.2, -0.15) is 0 Å². The van der Waals surface area contributed by atoms with Crippen LogP contribution in [0.4, 0.5) is 4.39 Å². The second-order valence-electron chi connectivity index (χ2n) is 8.26. The molecule has 2 atom stereocenters. The van der Waals surface area contributed by atoms with Gasteiger partial charge in [0.15, 0.2) is 11.5 Å². The predicted octanol–water partition coefficient (Wildman–Crippen LogP) is 2.76. The van der Waals surface area contributed by atoms with Gasteiger partial charge in [0.25, 0.3) is 0 Å². The van der Waals surface area contributed by atoms with Gasteiger partial charge in [-0.1, -0.05) is 18.2 Å². The number of halogens is 1. The first-order valence-corrected chi connectivity index (χ1v) is 10.7. The summed E-state index contributed by atoms with van der Waals surface area (Å²) in [6.07, 6.45) is 1.59. The standard InChI is InChI=1S/C24H27FN2O5/c1-30-17-7-6-16(19(25)12-17)13-24(11-9-23(29)27-24)10-8-22(28)26-14-18-15-31-20-4-2-3-5-21(20)32-18/h2-7,12,18H,8-11,13-15H2,1H3,(H,26,28)(H,27,29)/t18-,24+/m1/s1. The first-order valence-electron chi connectivity index (χ1n) is 10.7. The van der Waals surface area contributed by atoms with Gasteiger partial charge in [-0.05, 0) is 43.0 Å². The van der Waals surface area contributed by atoms with Crippen molar-refractivity contribution in [2.45, 2.75) is 43.7 Å². The van der Waals surface area contributed by atoms with Gasteiger partial charge in [0.1, 0.15) is 24.3 Å². The fourth-order valence-corrected chi connectivity index (χ4v) is 4.18. The van der Waals surface area contributed by atoms with E-state index in [1.807, 2.05) is 24.3 Å². The number of hydrogen-bond acceptors (Lipinski definition) is 5. The molecule has 8 heteroatoms. The Labute approximate surface area is 186 Å². The zero-order valence-electron chi connectivity index (χ0n) is 18.0. The van der Waals surface area contributed by atoms with Crippen molar-refractivity contribution in [2.24, 2.45) is 0 Å². The maximum Gasteiger partial charge on any atom is 0.220 e. The van der Waals surface area contributed by atoms with Crippen LogP contribution in [0, 0.1) is 5.82 Å². The van der Waals surface area contributed by atoms with Crippen LogP contribution in [0.1, 0.15) is 31.2 Å². The number of nitrogens with one attached hydrogen (secondary N) is 2. The van der Waals surface area contributed by atoms with Crippen molar-refractivity contribution in [1.82, 2.24) is 10.6 Å². The quantitative estimate of drug-likeness (QED) is 0.657. The van der Waals surface area contributed by atoms with E-state index in [1.165, 1.54) is 13.2 Å². The number of para-hydroxylation sites is 2. The summed E-state index contributed by atoms with van der Waals surface area (Å²) in [6, 6.07) is 12.1. The summed E-state index contributed by atoms with van der Waals surface area (Å²) >= 11 is 0. The van der Waals surface area contributed by atoms with E-state index < -0.39 is 5.54 Å². The molecule has 2 amide bonds. The van der Waals surface area contributed by atoms with Crippen LogP contribution >= 0.6 is 0 Å². The number of amides is 2. The average molecular weight is 442 g/mol. The highest BCUT2D eigenvalue weighted by molar-refractivity contribution is 5.80. The molecule has 1 fully saturated rings. The summed E-state index contributed by atoms with van der Waals surface area (Å²) in [4.78, 5) is 24.5. The molecule has 2 aliphatic rings. The van der Waals surface area contributed by atoms with Crippen molar-refractivity contribution in [3.8, 4) is 17.2 Å². The van der Waals surface area contributed by atoms with Crippen LogP contribution in [0.15, 0.2) is 42.5 Å². The van der Waals surface area contributed by atoms with Crippen LogP contribution in [0.3, 0.4) is 0 Å². The Kier molecular flexibility index (Phi) is 6.48. The number of carbonyl (C=O) groups is 2. The molecule has 2 heterocycles. The van der Waals surface area contributed by atoms with Crippen molar-refractivity contribution >= 4 is 11.8 Å². The number of benzene rings is 2. The number of methoxy groups -OCH3 is 1. The number of ether oxygens (including phenoxy) is 3. The number of hydrogen-bond donors (Lipinski definition) is 2. The Balaban J connectivity index is 1.32. The molecular weight excluding hydrogens is 415 g/mol. The van der Waals surface area contributed by atoms with Gasteiger partial charge >= 0.3 is 0 Å². The van der Waals surface area contributed by atoms with E-state index in [4.69, 9.17) is 14.2 Å². The molecule has 7 nitrogen and oxygen atoms in total. The summed E-state index contributed by atoms with van der Waals surface area (Å²) in [5.41, 5.74) is -0.160. The molecule has 2 aliphatic heterocycles. The van der Waals surface area contributed by atoms with Crippen molar-refractivity contribution in [1.29, 1.82) is 0 Å². The van der Waals surface area contributed by atoms with Crippen LogP contribution in [0.2, 0.25) is 0 Å². The van der Waals surface area contributed by atoms with Gasteiger partial charge in [-0.25, -0.2) is 4.39 Å². The van der Waals surface area contributed by atoms with Gasteiger partial charge < -0.3 is 24.8 Å². The third-order valence-electron chi connectivity index (χ3n) is 5.95. The zero-order chi connectivity index (χ0) is 22.6. The maximum absolute atomic E-state index is 14.5. The second kappa shape index (κ2) is 9.46. The topological polar surface area (TPSA) is 85.9 Å². The normalized spacial score (nSPS) is 21.7. The van der Waals surface area contributed by atoms with Gasteiger partial charge in [-0.15, -0.1) is 0 Å². The lowest BCUT2D eigenvalue weighted by atomic mass is 9.84. The van der Waals surface area contributed by atoms with E-state index in [2.05, 4.69) is 10.6 Å². The van der Waals surface area contributed by atoms with Gasteiger partial charge in [0, 0.05) is 24.4 Å². The second-order valence-corrected chi connectivity index (χ2v) is 8.26. The summed E-state index contributed by atoms with van der Waals surface area (Å²) < 4.78 is 31.1. The van der Waals surface area contributed by atoms with E-state index >= 15 is 0 Å². The fourth-order valence-electron chi connectivity index (χ4n) is 4.18. The fraction of sp³-hybridized carbons (Fsp3) is 0.417. The molecule has 1 saturated heterocycles. The number of fused-ring (bicyclic) bond motifs is 1. The van der Waals surface area contributed by atoms with E-state index in [-0.39, 0.29) is 30.2 Å². The SMILES string of the molecule is COc1ccc(C[C@]2(CCC(=O)NC[C@@H]3COc4ccccc4O3)CCC(=O)N2)c(F)c1. The summed E-state index contributed by atoms with van der Waals surface area (Å²) in [5, 5.41) is 5.86. The highest BCUT2D eigenvalue weighted by Crippen LogP contribution is 2.32. The third kappa shape index (κ3) is 5.12. The molecule has 0 aromatic heterocycles. The Morgan fingerprint density at radius 2 is 2.09 bits per heavy atom. The molecule has 4 rings (SSSR count). The largest absolute Gasteiger partial charge is 0.497 e. The first-order chi connectivity index (χ1) is 15.5. The Morgan fingerprint density at radius 3 is 2.81 bits per heavy atom. The summed E-state index contributed by atoms with van der Waals surface area (Å²) in [5.74, 6) is 1.18. The summed E-state index contributed by atoms with van der Waals surface area (Å²) in [6.45, 7) is 0.674. The van der Waals surface area contributed by atoms with Crippen molar-refractivity contribution in [2.75, 3.05) is 20.3 Å². The minimum absolute atomic E-state index is 0.0780. The molecule has 2 aromatic carbocycles. The Morgan fingerprint density at radius 1 is 1.28 bits per heavy atom. The highest BCUT2D eigenvalue weighted by atomic mass is 19.1. The van der Waals surface area contributed by atoms with E-state index in [9.17, 15) is 14.0 Å². The smallest absolute Gasteiger partial charge is 0.220 e. The first kappa shape index (κ1) is 21.9. The zero-order valence-corrected chi connectivity index (χ0v) is 18.0. The lowest BCUT2D eigenvalue weighted by Gasteiger charge is -2.30. The molecule has 0 unspecified atom stereocenters. The van der Waals surface area contributed by atoms with Crippen molar-refractivity contribution < 1.29 is 28.2 Å². The van der Waals surface area contributed by atoms with Crippen LogP contribution in [-0.2, 0) is 16.0 Å². The van der Waals surface area contributed by atoms with Crippen LogP contribution in [-0.4, -0.2) is 43.7 Å². The molecule has 0 aliphatic carbocycles. The van der Waals surface area contributed by atoms with E-state index in [0.717, 1.165) is 0 Å². The van der Waals surface area contributed by atoms with E-state index in [0.29, 0.717) is 61.6 Å². The van der Waals surface area contributed by atoms with Gasteiger partial charge in [0.05, 0.1) is 13.7 Å². The highest BCUT2D eigenvalue weighted by Gasteiger charge is 2.38.